The van der Waals surface area contributed by atoms with Gasteiger partial charge in [-0.2, -0.15) is 5.26 Å². The lowest BCUT2D eigenvalue weighted by atomic mass is 9.96. The first-order chi connectivity index (χ1) is 7.27. The Morgan fingerprint density at radius 3 is 2.38 bits per heavy atom. The van der Waals surface area contributed by atoms with Gasteiger partial charge in [0.05, 0.1) is 5.56 Å². The third-order valence-electron chi connectivity index (χ3n) is 2.41. The van der Waals surface area contributed by atoms with Crippen LogP contribution in [-0.4, -0.2) is 5.91 Å². The first-order valence-electron chi connectivity index (χ1n) is 5.09. The molecule has 4 heteroatoms. The highest BCUT2D eigenvalue weighted by Gasteiger charge is 2.23. The van der Waals surface area contributed by atoms with Gasteiger partial charge in [0.15, 0.2) is 0 Å². The molecule has 0 radical (unpaired) electrons. The molecule has 1 rings (SSSR count). The molecule has 0 aliphatic carbocycles. The van der Waals surface area contributed by atoms with Crippen molar-refractivity contribution in [2.45, 2.75) is 34.6 Å². The van der Waals surface area contributed by atoms with Crippen molar-refractivity contribution in [2.75, 3.05) is 5.32 Å². The van der Waals surface area contributed by atoms with Crippen molar-refractivity contribution in [3.05, 3.63) is 16.0 Å². The van der Waals surface area contributed by atoms with Crippen LogP contribution in [0.2, 0.25) is 0 Å². The average Bonchev–Trinajstić information content (AvgIpc) is 2.41. The number of carbonyl (C=O) groups excluding carboxylic acids is 1. The summed E-state index contributed by atoms with van der Waals surface area (Å²) < 4.78 is 0. The Morgan fingerprint density at radius 1 is 1.38 bits per heavy atom. The Labute approximate surface area is 100 Å². The van der Waals surface area contributed by atoms with Crippen molar-refractivity contribution in [3.63, 3.8) is 0 Å². The maximum Gasteiger partial charge on any atom is 0.230 e. The SMILES string of the molecule is Cc1sc(NC(=O)C(C)(C)C)c(C#N)c1C. The highest BCUT2D eigenvalue weighted by molar-refractivity contribution is 7.16. The fourth-order valence-corrected chi connectivity index (χ4v) is 2.15. The molecule has 0 spiro atoms. The zero-order valence-electron chi connectivity index (χ0n) is 10.3. The van der Waals surface area contributed by atoms with Crippen LogP contribution in [0, 0.1) is 30.6 Å². The van der Waals surface area contributed by atoms with E-state index in [1.54, 1.807) is 0 Å². The molecular weight excluding hydrogens is 220 g/mol. The number of rotatable bonds is 1. The molecule has 1 aromatic heterocycles. The van der Waals surface area contributed by atoms with E-state index in [9.17, 15) is 4.79 Å². The Balaban J connectivity index is 3.04. The van der Waals surface area contributed by atoms with Gasteiger partial charge in [-0.15, -0.1) is 11.3 Å². The molecule has 0 aliphatic rings. The number of hydrogen-bond donors (Lipinski definition) is 1. The second kappa shape index (κ2) is 4.26. The molecule has 1 amide bonds. The topological polar surface area (TPSA) is 52.9 Å². The minimum atomic E-state index is -0.446. The lowest BCUT2D eigenvalue weighted by Gasteiger charge is -2.16. The van der Waals surface area contributed by atoms with Crippen molar-refractivity contribution in [3.8, 4) is 6.07 Å². The number of hydrogen-bond acceptors (Lipinski definition) is 3. The largest absolute Gasteiger partial charge is 0.316 e. The van der Waals surface area contributed by atoms with E-state index in [1.165, 1.54) is 11.3 Å². The fourth-order valence-electron chi connectivity index (χ4n) is 1.14. The van der Waals surface area contributed by atoms with Gasteiger partial charge >= 0.3 is 0 Å². The zero-order valence-corrected chi connectivity index (χ0v) is 11.1. The quantitative estimate of drug-likeness (QED) is 0.814. The van der Waals surface area contributed by atoms with E-state index in [1.807, 2.05) is 34.6 Å². The summed E-state index contributed by atoms with van der Waals surface area (Å²) in [6, 6.07) is 2.14. The number of amides is 1. The Kier molecular flexibility index (Phi) is 3.39. The lowest BCUT2D eigenvalue weighted by molar-refractivity contribution is -0.123. The Morgan fingerprint density at radius 2 is 1.94 bits per heavy atom. The highest BCUT2D eigenvalue weighted by atomic mass is 32.1. The summed E-state index contributed by atoms with van der Waals surface area (Å²) in [5, 5.41) is 12.5. The standard InChI is InChI=1S/C12H16N2OS/c1-7-8(2)16-10(9(7)6-13)14-11(15)12(3,4)5/h1-5H3,(H,14,15). The minimum Gasteiger partial charge on any atom is -0.316 e. The molecule has 0 saturated heterocycles. The molecule has 1 N–H and O–H groups in total. The Hall–Kier alpha value is -1.34. The van der Waals surface area contributed by atoms with Gasteiger partial charge in [-0.1, -0.05) is 20.8 Å². The summed E-state index contributed by atoms with van der Waals surface area (Å²) >= 11 is 1.46. The fraction of sp³-hybridized carbons (Fsp3) is 0.500. The molecule has 0 atom stereocenters. The van der Waals surface area contributed by atoms with Crippen LogP contribution in [0.1, 0.15) is 36.8 Å². The number of anilines is 1. The van der Waals surface area contributed by atoms with Crippen molar-refractivity contribution in [1.82, 2.24) is 0 Å². The zero-order chi connectivity index (χ0) is 12.5. The van der Waals surface area contributed by atoms with E-state index in [-0.39, 0.29) is 5.91 Å². The smallest absolute Gasteiger partial charge is 0.230 e. The van der Waals surface area contributed by atoms with Gasteiger partial charge in [-0.3, -0.25) is 4.79 Å². The molecule has 0 fully saturated rings. The van der Waals surface area contributed by atoms with E-state index in [0.29, 0.717) is 10.6 Å². The van der Waals surface area contributed by atoms with Crippen LogP contribution in [0.5, 0.6) is 0 Å². The van der Waals surface area contributed by atoms with Crippen LogP contribution >= 0.6 is 11.3 Å². The van der Waals surface area contributed by atoms with Crippen molar-refractivity contribution in [2.24, 2.45) is 5.41 Å². The maximum absolute atomic E-state index is 11.8. The van der Waals surface area contributed by atoms with Gasteiger partial charge in [-0.25, -0.2) is 0 Å². The van der Waals surface area contributed by atoms with Crippen LogP contribution < -0.4 is 5.32 Å². The normalized spacial score (nSPS) is 11.0. The molecule has 1 heterocycles. The maximum atomic E-state index is 11.8. The Bertz CT molecular complexity index is 461. The van der Waals surface area contributed by atoms with Gasteiger partial charge in [0.25, 0.3) is 0 Å². The van der Waals surface area contributed by atoms with Crippen molar-refractivity contribution < 1.29 is 4.79 Å². The monoisotopic (exact) mass is 236 g/mol. The van der Waals surface area contributed by atoms with Gasteiger partial charge in [0.1, 0.15) is 11.1 Å². The summed E-state index contributed by atoms with van der Waals surface area (Å²) in [6.07, 6.45) is 0. The van der Waals surface area contributed by atoms with Gasteiger partial charge < -0.3 is 5.32 Å². The van der Waals surface area contributed by atoms with Crippen LogP contribution in [0.25, 0.3) is 0 Å². The van der Waals surface area contributed by atoms with E-state index in [2.05, 4.69) is 11.4 Å². The summed E-state index contributed by atoms with van der Waals surface area (Å²) in [5.41, 5.74) is 1.09. The molecular formula is C12H16N2OS. The van der Waals surface area contributed by atoms with Crippen molar-refractivity contribution >= 4 is 22.2 Å². The predicted octanol–water partition coefficient (Wildman–Crippen LogP) is 3.22. The van der Waals surface area contributed by atoms with Crippen LogP contribution in [0.3, 0.4) is 0 Å². The highest BCUT2D eigenvalue weighted by Crippen LogP contribution is 2.32. The number of nitrogens with zero attached hydrogens (tertiary/aromatic N) is 1. The summed E-state index contributed by atoms with van der Waals surface area (Å²) in [7, 11) is 0. The van der Waals surface area contributed by atoms with Crippen LogP contribution in [0.4, 0.5) is 5.00 Å². The van der Waals surface area contributed by atoms with E-state index >= 15 is 0 Å². The molecule has 16 heavy (non-hydrogen) atoms. The third kappa shape index (κ3) is 2.42. The third-order valence-corrected chi connectivity index (χ3v) is 3.53. The molecule has 0 aromatic carbocycles. The van der Waals surface area contributed by atoms with Crippen molar-refractivity contribution in [1.29, 1.82) is 5.26 Å². The van der Waals surface area contributed by atoms with Crippen LogP contribution in [0.15, 0.2) is 0 Å². The summed E-state index contributed by atoms with van der Waals surface area (Å²) in [5.74, 6) is -0.0646. The number of nitrogens with one attached hydrogen (secondary N) is 1. The van der Waals surface area contributed by atoms with Gasteiger partial charge in [-0.05, 0) is 19.4 Å². The minimum absolute atomic E-state index is 0.0646. The van der Waals surface area contributed by atoms with E-state index in [4.69, 9.17) is 5.26 Å². The van der Waals surface area contributed by atoms with E-state index in [0.717, 1.165) is 10.4 Å². The molecule has 0 aliphatic heterocycles. The van der Waals surface area contributed by atoms with Gasteiger partial charge in [0.2, 0.25) is 5.91 Å². The second-order valence-electron chi connectivity index (χ2n) is 4.80. The molecule has 86 valence electrons. The summed E-state index contributed by atoms with van der Waals surface area (Å²) in [6.45, 7) is 9.40. The number of nitriles is 1. The molecule has 0 unspecified atom stereocenters. The number of thiophene rings is 1. The van der Waals surface area contributed by atoms with Gasteiger partial charge in [0, 0.05) is 10.3 Å². The molecule has 0 saturated carbocycles. The molecule has 3 nitrogen and oxygen atoms in total. The molecule has 1 aromatic rings. The first kappa shape index (κ1) is 12.7. The van der Waals surface area contributed by atoms with E-state index < -0.39 is 5.41 Å². The van der Waals surface area contributed by atoms with Crippen LogP contribution in [-0.2, 0) is 4.79 Å². The number of carbonyl (C=O) groups is 1. The number of aryl methyl sites for hydroxylation is 1. The lowest BCUT2D eigenvalue weighted by Crippen LogP contribution is -2.27. The first-order valence-corrected chi connectivity index (χ1v) is 5.90. The summed E-state index contributed by atoms with van der Waals surface area (Å²) in [4.78, 5) is 12.9. The molecule has 0 bridgehead atoms. The average molecular weight is 236 g/mol. The predicted molar refractivity (Wildman–Crippen MR) is 66.6 cm³/mol. The second-order valence-corrected chi connectivity index (χ2v) is 6.03.